The number of halogens is 2. The molecule has 98 valence electrons. The Morgan fingerprint density at radius 3 is 2.74 bits per heavy atom. The Morgan fingerprint density at radius 1 is 1.37 bits per heavy atom. The molecular weight excluding hydrogens is 267 g/mol. The molecule has 0 spiro atoms. The molecule has 0 atom stereocenters. The molecular formula is C14H12ClFN2O. The van der Waals surface area contributed by atoms with Crippen LogP contribution in [0.15, 0.2) is 36.5 Å². The van der Waals surface area contributed by atoms with Crippen molar-refractivity contribution >= 4 is 23.2 Å². The molecule has 1 aromatic carbocycles. The van der Waals surface area contributed by atoms with Crippen LogP contribution in [0.1, 0.15) is 15.9 Å². The van der Waals surface area contributed by atoms with E-state index in [1.807, 2.05) is 31.2 Å². The summed E-state index contributed by atoms with van der Waals surface area (Å²) in [5.74, 6) is -0.989. The second-order valence-electron chi connectivity index (χ2n) is 4.14. The minimum atomic E-state index is -0.592. The summed E-state index contributed by atoms with van der Waals surface area (Å²) in [6.07, 6.45) is 0.979. The first-order chi connectivity index (χ1) is 9.00. The summed E-state index contributed by atoms with van der Waals surface area (Å²) in [6.45, 7) is 1.89. The third-order valence-corrected chi connectivity index (χ3v) is 3.12. The molecule has 0 unspecified atom stereocenters. The maximum Gasteiger partial charge on any atom is 0.261 e. The van der Waals surface area contributed by atoms with Gasteiger partial charge in [-0.3, -0.25) is 4.79 Å². The summed E-state index contributed by atoms with van der Waals surface area (Å²) in [5, 5.41) is -0.00756. The van der Waals surface area contributed by atoms with Crippen LogP contribution >= 0.6 is 11.6 Å². The Kier molecular flexibility index (Phi) is 3.81. The fourth-order valence-electron chi connectivity index (χ4n) is 1.80. The molecule has 2 rings (SSSR count). The van der Waals surface area contributed by atoms with Gasteiger partial charge in [0.1, 0.15) is 11.0 Å². The lowest BCUT2D eigenvalue weighted by molar-refractivity contribution is 0.0992. The zero-order chi connectivity index (χ0) is 14.0. The topological polar surface area (TPSA) is 33.2 Å². The van der Waals surface area contributed by atoms with Gasteiger partial charge in [0.25, 0.3) is 5.91 Å². The predicted octanol–water partition coefficient (Wildman–Crippen LogP) is 3.46. The number of hydrogen-bond donors (Lipinski definition) is 0. The van der Waals surface area contributed by atoms with Crippen molar-refractivity contribution in [3.05, 3.63) is 58.6 Å². The van der Waals surface area contributed by atoms with Gasteiger partial charge >= 0.3 is 0 Å². The molecule has 0 aliphatic rings. The van der Waals surface area contributed by atoms with E-state index in [1.165, 1.54) is 4.90 Å². The van der Waals surface area contributed by atoms with Gasteiger partial charge in [-0.1, -0.05) is 29.8 Å². The van der Waals surface area contributed by atoms with Crippen molar-refractivity contribution < 1.29 is 9.18 Å². The lowest BCUT2D eigenvalue weighted by Crippen LogP contribution is -2.27. The third-order valence-electron chi connectivity index (χ3n) is 2.82. The molecule has 0 bridgehead atoms. The maximum absolute atomic E-state index is 13.2. The Balaban J connectivity index is 2.39. The fourth-order valence-corrected chi connectivity index (χ4v) is 1.99. The Labute approximate surface area is 115 Å². The molecule has 1 heterocycles. The molecule has 0 fully saturated rings. The van der Waals surface area contributed by atoms with Gasteiger partial charge in [-0.2, -0.15) is 0 Å². The number of pyridine rings is 1. The molecule has 2 aromatic rings. The van der Waals surface area contributed by atoms with Gasteiger partial charge in [-0.15, -0.1) is 0 Å². The lowest BCUT2D eigenvalue weighted by Gasteiger charge is -2.19. The van der Waals surface area contributed by atoms with E-state index in [1.54, 1.807) is 7.05 Å². The van der Waals surface area contributed by atoms with Gasteiger partial charge in [0.2, 0.25) is 0 Å². The molecule has 5 heteroatoms. The maximum atomic E-state index is 13.2. The monoisotopic (exact) mass is 278 g/mol. The number of carbonyl (C=O) groups excluding carboxylic acids is 1. The standard InChI is InChI=1S/C14H12ClFN2O/c1-9-5-3-4-6-12(9)18(2)14(19)11-7-10(16)8-17-13(11)15/h3-8H,1-2H3. The summed E-state index contributed by atoms with van der Waals surface area (Å²) in [5.41, 5.74) is 1.74. The van der Waals surface area contributed by atoms with Crippen LogP contribution in [0.25, 0.3) is 0 Å². The molecule has 1 aromatic heterocycles. The predicted molar refractivity (Wildman–Crippen MR) is 73.1 cm³/mol. The van der Waals surface area contributed by atoms with Crippen LogP contribution in [0.3, 0.4) is 0 Å². The average Bonchev–Trinajstić information content (AvgIpc) is 2.40. The van der Waals surface area contributed by atoms with Gasteiger partial charge in [0.15, 0.2) is 0 Å². The Morgan fingerprint density at radius 2 is 2.05 bits per heavy atom. The van der Waals surface area contributed by atoms with Crippen molar-refractivity contribution in [1.82, 2.24) is 4.98 Å². The molecule has 3 nitrogen and oxygen atoms in total. The van der Waals surface area contributed by atoms with Gasteiger partial charge in [-0.05, 0) is 24.6 Å². The van der Waals surface area contributed by atoms with E-state index < -0.39 is 11.7 Å². The molecule has 0 N–H and O–H groups in total. The largest absolute Gasteiger partial charge is 0.311 e. The van der Waals surface area contributed by atoms with Crippen molar-refractivity contribution in [3.63, 3.8) is 0 Å². The Hall–Kier alpha value is -1.94. The second-order valence-corrected chi connectivity index (χ2v) is 4.50. The van der Waals surface area contributed by atoms with E-state index in [2.05, 4.69) is 4.98 Å². The smallest absolute Gasteiger partial charge is 0.261 e. The normalized spacial score (nSPS) is 10.3. The summed E-state index contributed by atoms with van der Waals surface area (Å²) in [4.78, 5) is 17.4. The van der Waals surface area contributed by atoms with Gasteiger partial charge in [0.05, 0.1) is 11.8 Å². The first-order valence-corrected chi connectivity index (χ1v) is 6.03. The van der Waals surface area contributed by atoms with Crippen LogP contribution in [-0.4, -0.2) is 17.9 Å². The number of hydrogen-bond acceptors (Lipinski definition) is 2. The molecule has 0 aliphatic carbocycles. The van der Waals surface area contributed by atoms with E-state index in [9.17, 15) is 9.18 Å². The number of amides is 1. The molecule has 19 heavy (non-hydrogen) atoms. The van der Waals surface area contributed by atoms with E-state index in [0.717, 1.165) is 23.5 Å². The third kappa shape index (κ3) is 2.74. The van der Waals surface area contributed by atoms with E-state index in [4.69, 9.17) is 11.6 Å². The van der Waals surface area contributed by atoms with Gasteiger partial charge in [-0.25, -0.2) is 9.37 Å². The lowest BCUT2D eigenvalue weighted by atomic mass is 10.1. The molecule has 1 amide bonds. The summed E-state index contributed by atoms with van der Waals surface area (Å²) in [7, 11) is 1.62. The van der Waals surface area contributed by atoms with E-state index in [0.29, 0.717) is 0 Å². The van der Waals surface area contributed by atoms with E-state index in [-0.39, 0.29) is 10.7 Å². The highest BCUT2D eigenvalue weighted by atomic mass is 35.5. The molecule has 0 saturated carbocycles. The minimum Gasteiger partial charge on any atom is -0.311 e. The molecule has 0 radical (unpaired) electrons. The van der Waals surface area contributed by atoms with Crippen molar-refractivity contribution in [1.29, 1.82) is 0 Å². The van der Waals surface area contributed by atoms with Gasteiger partial charge in [0, 0.05) is 12.7 Å². The zero-order valence-corrected chi connectivity index (χ0v) is 11.3. The number of benzene rings is 1. The fraction of sp³-hybridized carbons (Fsp3) is 0.143. The number of aryl methyl sites for hydroxylation is 1. The Bertz CT molecular complexity index is 631. The molecule has 0 saturated heterocycles. The number of carbonyl (C=O) groups is 1. The molecule has 0 aliphatic heterocycles. The first-order valence-electron chi connectivity index (χ1n) is 5.65. The van der Waals surface area contributed by atoms with Crippen LogP contribution in [0.2, 0.25) is 5.15 Å². The van der Waals surface area contributed by atoms with Crippen LogP contribution in [0, 0.1) is 12.7 Å². The summed E-state index contributed by atoms with van der Waals surface area (Å²) < 4.78 is 13.2. The highest BCUT2D eigenvalue weighted by molar-refractivity contribution is 6.33. The summed E-state index contributed by atoms with van der Waals surface area (Å²) >= 11 is 5.84. The van der Waals surface area contributed by atoms with Crippen LogP contribution in [-0.2, 0) is 0 Å². The highest BCUT2D eigenvalue weighted by Gasteiger charge is 2.19. The van der Waals surface area contributed by atoms with Crippen molar-refractivity contribution in [2.24, 2.45) is 0 Å². The number of rotatable bonds is 2. The zero-order valence-electron chi connectivity index (χ0n) is 10.5. The van der Waals surface area contributed by atoms with Crippen molar-refractivity contribution in [2.45, 2.75) is 6.92 Å². The number of para-hydroxylation sites is 1. The SMILES string of the molecule is Cc1ccccc1N(C)C(=O)c1cc(F)cnc1Cl. The number of nitrogens with zero attached hydrogens (tertiary/aromatic N) is 2. The number of aromatic nitrogens is 1. The highest BCUT2D eigenvalue weighted by Crippen LogP contribution is 2.22. The second kappa shape index (κ2) is 5.36. The van der Waals surface area contributed by atoms with E-state index >= 15 is 0 Å². The number of anilines is 1. The van der Waals surface area contributed by atoms with Crippen LogP contribution < -0.4 is 4.90 Å². The first kappa shape index (κ1) is 13.5. The van der Waals surface area contributed by atoms with Crippen molar-refractivity contribution in [2.75, 3.05) is 11.9 Å². The van der Waals surface area contributed by atoms with Crippen LogP contribution in [0.4, 0.5) is 10.1 Å². The van der Waals surface area contributed by atoms with Crippen molar-refractivity contribution in [3.8, 4) is 0 Å². The quantitative estimate of drug-likeness (QED) is 0.788. The summed E-state index contributed by atoms with van der Waals surface area (Å²) in [6, 6.07) is 8.51. The minimum absolute atomic E-state index is 0.00756. The average molecular weight is 279 g/mol. The van der Waals surface area contributed by atoms with Gasteiger partial charge < -0.3 is 4.90 Å². The van der Waals surface area contributed by atoms with Crippen LogP contribution in [0.5, 0.6) is 0 Å².